The van der Waals surface area contributed by atoms with Gasteiger partial charge in [0.25, 0.3) is 0 Å². The predicted octanol–water partition coefficient (Wildman–Crippen LogP) is 7.48. The van der Waals surface area contributed by atoms with Gasteiger partial charge in [-0.25, -0.2) is 9.78 Å². The van der Waals surface area contributed by atoms with Gasteiger partial charge in [-0.2, -0.15) is 8.78 Å². The Balaban J connectivity index is 1.65. The number of rotatable bonds is 15. The van der Waals surface area contributed by atoms with Crippen LogP contribution in [0.5, 0.6) is 23.0 Å². The summed E-state index contributed by atoms with van der Waals surface area (Å²) in [6.45, 7) is 1.85. The highest BCUT2D eigenvalue weighted by molar-refractivity contribution is 6.35. The van der Waals surface area contributed by atoms with Crippen LogP contribution in [0, 0.1) is 5.92 Å². The second-order valence-corrected chi connectivity index (χ2v) is 13.0. The molecule has 14 heteroatoms. The van der Waals surface area contributed by atoms with Crippen LogP contribution in [0.15, 0.2) is 48.8 Å². The molecule has 1 amide bonds. The van der Waals surface area contributed by atoms with Crippen LogP contribution in [-0.4, -0.2) is 56.5 Å². The quantitative estimate of drug-likeness (QED) is 0.149. The van der Waals surface area contributed by atoms with Crippen molar-refractivity contribution in [3.05, 3.63) is 75.5 Å². The van der Waals surface area contributed by atoms with Crippen LogP contribution < -0.4 is 23.9 Å². The molecule has 260 valence electrons. The highest BCUT2D eigenvalue weighted by Crippen LogP contribution is 2.38. The summed E-state index contributed by atoms with van der Waals surface area (Å²) in [6, 6.07) is 9.42. The fourth-order valence-electron chi connectivity index (χ4n) is 4.67. The molecule has 48 heavy (non-hydrogen) atoms. The first kappa shape index (κ1) is 36.8. The average Bonchev–Trinajstić information content (AvgIpc) is 3.85. The topological polar surface area (TPSA) is 107 Å². The Hall–Kier alpha value is -4.03. The smallest absolute Gasteiger partial charge is 0.411 e. The van der Waals surface area contributed by atoms with Crippen molar-refractivity contribution in [1.82, 2.24) is 4.90 Å². The standard InChI is InChI=1S/C34H38Cl2F2N2O8/c1-34(2,3)48-33(42)40(17-21-8-10-26(43-4)29(12-21)44-5)18-31(41)46-28(14-23-24(35)15-39-16-25(23)36)22-9-11-27(47-32(37)38)30(13-22)45-19-20-6-7-20/h8-13,15-16,20,28,32H,6-7,14,17-19H2,1-5H3/p+1/t28-/m0/s1. The zero-order chi connectivity index (χ0) is 35.0. The van der Waals surface area contributed by atoms with Crippen molar-refractivity contribution >= 4 is 35.3 Å². The Morgan fingerprint density at radius 2 is 1.62 bits per heavy atom. The molecule has 2 aromatic carbocycles. The van der Waals surface area contributed by atoms with E-state index in [4.69, 9.17) is 46.9 Å². The number of esters is 1. The van der Waals surface area contributed by atoms with E-state index in [0.717, 1.165) is 12.8 Å². The maximum atomic E-state index is 13.7. The minimum Gasteiger partial charge on any atom is -0.493 e. The Labute approximate surface area is 288 Å². The number of alkyl halides is 2. The van der Waals surface area contributed by atoms with E-state index < -0.39 is 36.9 Å². The molecule has 1 aliphatic rings. The summed E-state index contributed by atoms with van der Waals surface area (Å²) in [7, 11) is 3.00. The van der Waals surface area contributed by atoms with Gasteiger partial charge in [-0.3, -0.25) is 9.69 Å². The van der Waals surface area contributed by atoms with Crippen molar-refractivity contribution in [3.63, 3.8) is 0 Å². The molecule has 1 aromatic heterocycles. The summed E-state index contributed by atoms with van der Waals surface area (Å²) in [5.74, 6) is 0.390. The Kier molecular flexibility index (Phi) is 12.6. The van der Waals surface area contributed by atoms with Crippen molar-refractivity contribution in [1.29, 1.82) is 0 Å². The first-order valence-corrected chi connectivity index (χ1v) is 16.0. The zero-order valence-corrected chi connectivity index (χ0v) is 28.8. The number of nitrogens with one attached hydrogen (secondary N) is 1. The maximum Gasteiger partial charge on any atom is 0.411 e. The third kappa shape index (κ3) is 10.7. The monoisotopic (exact) mass is 711 g/mol. The zero-order valence-electron chi connectivity index (χ0n) is 27.3. The summed E-state index contributed by atoms with van der Waals surface area (Å²) in [5.41, 5.74) is 0.655. The van der Waals surface area contributed by atoms with Gasteiger partial charge in [0.2, 0.25) is 0 Å². The number of amides is 1. The number of hydrogen-bond acceptors (Lipinski definition) is 8. The summed E-state index contributed by atoms with van der Waals surface area (Å²) >= 11 is 12.9. The van der Waals surface area contributed by atoms with Gasteiger partial charge >= 0.3 is 18.7 Å². The van der Waals surface area contributed by atoms with E-state index in [1.54, 1.807) is 39.0 Å². The number of aromatic amines is 1. The molecule has 1 N–H and O–H groups in total. The molecular formula is C34H39Cl2F2N2O8+. The Bertz CT molecular complexity index is 1560. The highest BCUT2D eigenvalue weighted by atomic mass is 35.5. The van der Waals surface area contributed by atoms with E-state index in [1.165, 1.54) is 49.7 Å². The fraction of sp³-hybridized carbons (Fsp3) is 0.441. The van der Waals surface area contributed by atoms with E-state index in [9.17, 15) is 18.4 Å². The van der Waals surface area contributed by atoms with E-state index in [0.29, 0.717) is 40.7 Å². The Morgan fingerprint density at radius 3 is 2.23 bits per heavy atom. The van der Waals surface area contributed by atoms with Crippen LogP contribution in [0.2, 0.25) is 10.0 Å². The SMILES string of the molecule is COc1ccc(CN(CC(=O)O[C@@H](Cc2c(Cl)c[nH+]cc2Cl)c2ccc(OC(F)F)c(OCC3CC3)c2)C(=O)OC(C)(C)C)cc1OC. The highest BCUT2D eigenvalue weighted by Gasteiger charge is 2.29. The first-order chi connectivity index (χ1) is 22.8. The second kappa shape index (κ2) is 16.4. The molecule has 0 aliphatic heterocycles. The van der Waals surface area contributed by atoms with Crippen LogP contribution in [0.4, 0.5) is 13.6 Å². The number of methoxy groups -OCH3 is 2. The minimum atomic E-state index is -3.07. The number of halogens is 4. The molecular weight excluding hydrogens is 673 g/mol. The normalized spacial score (nSPS) is 13.5. The summed E-state index contributed by atoms with van der Waals surface area (Å²) in [6.07, 6.45) is 3.24. The van der Waals surface area contributed by atoms with Crippen molar-refractivity contribution < 1.29 is 51.8 Å². The van der Waals surface area contributed by atoms with Crippen molar-refractivity contribution in [2.75, 3.05) is 27.4 Å². The largest absolute Gasteiger partial charge is 0.493 e. The van der Waals surface area contributed by atoms with E-state index >= 15 is 0 Å². The van der Waals surface area contributed by atoms with Crippen LogP contribution >= 0.6 is 23.2 Å². The van der Waals surface area contributed by atoms with Gasteiger partial charge in [-0.15, -0.1) is 0 Å². The predicted molar refractivity (Wildman–Crippen MR) is 173 cm³/mol. The summed E-state index contributed by atoms with van der Waals surface area (Å²) in [5, 5.41) is 0.575. The molecule has 1 fully saturated rings. The average molecular weight is 713 g/mol. The number of carbonyl (C=O) groups excluding carboxylic acids is 2. The number of pyridine rings is 1. The fourth-order valence-corrected chi connectivity index (χ4v) is 5.20. The molecule has 1 atom stereocenters. The number of nitrogens with zero attached hydrogens (tertiary/aromatic N) is 1. The number of aromatic nitrogens is 1. The van der Waals surface area contributed by atoms with Crippen LogP contribution in [0.3, 0.4) is 0 Å². The molecule has 0 unspecified atom stereocenters. The molecule has 1 heterocycles. The number of H-pyrrole nitrogens is 1. The molecule has 0 spiro atoms. The van der Waals surface area contributed by atoms with Gasteiger partial charge in [-0.05, 0) is 74.9 Å². The Morgan fingerprint density at radius 1 is 0.958 bits per heavy atom. The van der Waals surface area contributed by atoms with E-state index in [1.807, 2.05) is 0 Å². The molecule has 0 bridgehead atoms. The minimum absolute atomic E-state index is 0.0112. The third-order valence-corrected chi connectivity index (χ3v) is 7.85. The van der Waals surface area contributed by atoms with Crippen molar-refractivity contribution in [2.45, 2.75) is 64.9 Å². The van der Waals surface area contributed by atoms with Crippen LogP contribution in [0.1, 0.15) is 56.4 Å². The lowest BCUT2D eigenvalue weighted by Crippen LogP contribution is -2.40. The van der Waals surface area contributed by atoms with Gasteiger partial charge in [0.05, 0.1) is 20.8 Å². The van der Waals surface area contributed by atoms with Crippen molar-refractivity contribution in [2.24, 2.45) is 5.92 Å². The van der Waals surface area contributed by atoms with E-state index in [2.05, 4.69) is 9.72 Å². The first-order valence-electron chi connectivity index (χ1n) is 15.2. The van der Waals surface area contributed by atoms with E-state index in [-0.39, 0.29) is 34.5 Å². The van der Waals surface area contributed by atoms with Gasteiger partial charge in [-0.1, -0.05) is 35.3 Å². The van der Waals surface area contributed by atoms with Gasteiger partial charge < -0.3 is 28.4 Å². The molecule has 4 rings (SSSR count). The lowest BCUT2D eigenvalue weighted by molar-refractivity contribution is -0.377. The molecule has 0 saturated heterocycles. The molecule has 1 saturated carbocycles. The third-order valence-electron chi connectivity index (χ3n) is 7.18. The number of benzene rings is 2. The maximum absolute atomic E-state index is 13.7. The molecule has 3 aromatic rings. The summed E-state index contributed by atoms with van der Waals surface area (Å²) < 4.78 is 59.3. The lowest BCUT2D eigenvalue weighted by atomic mass is 10.0. The second-order valence-electron chi connectivity index (χ2n) is 12.2. The number of ether oxygens (including phenoxy) is 6. The molecule has 10 nitrogen and oxygen atoms in total. The number of carbonyl (C=O) groups is 2. The molecule has 1 aliphatic carbocycles. The summed E-state index contributed by atoms with van der Waals surface area (Å²) in [4.78, 5) is 31.0. The number of hydrogen-bond donors (Lipinski definition) is 0. The van der Waals surface area contributed by atoms with Gasteiger partial charge in [0, 0.05) is 18.5 Å². The lowest BCUT2D eigenvalue weighted by Gasteiger charge is -2.28. The van der Waals surface area contributed by atoms with Crippen LogP contribution in [0.25, 0.3) is 0 Å². The van der Waals surface area contributed by atoms with Crippen molar-refractivity contribution in [3.8, 4) is 23.0 Å². The van der Waals surface area contributed by atoms with Gasteiger partial charge in [0.15, 0.2) is 35.4 Å². The van der Waals surface area contributed by atoms with Gasteiger partial charge in [0.1, 0.15) is 28.3 Å². The molecule has 0 radical (unpaired) electrons. The van der Waals surface area contributed by atoms with Crippen LogP contribution in [-0.2, 0) is 27.2 Å².